The van der Waals surface area contributed by atoms with Crippen LogP contribution in [0.3, 0.4) is 0 Å². The van der Waals surface area contributed by atoms with Gasteiger partial charge in [-0.1, -0.05) is 70.8 Å². The SMILES string of the molecule is CCCCCCCCCCCCNc1cc(OC)cc2cccnc12. The number of nitrogens with one attached hydrogen (secondary N) is 1. The summed E-state index contributed by atoms with van der Waals surface area (Å²) in [5, 5.41) is 4.66. The van der Waals surface area contributed by atoms with E-state index in [0.29, 0.717) is 0 Å². The first-order valence-corrected chi connectivity index (χ1v) is 10.0. The van der Waals surface area contributed by atoms with Crippen LogP contribution in [0.15, 0.2) is 30.5 Å². The van der Waals surface area contributed by atoms with Crippen molar-refractivity contribution in [1.29, 1.82) is 0 Å². The Labute approximate surface area is 153 Å². The average molecular weight is 343 g/mol. The van der Waals surface area contributed by atoms with E-state index in [9.17, 15) is 0 Å². The van der Waals surface area contributed by atoms with Crippen LogP contribution in [0.5, 0.6) is 5.75 Å². The van der Waals surface area contributed by atoms with Gasteiger partial charge in [0.25, 0.3) is 0 Å². The molecule has 0 saturated carbocycles. The van der Waals surface area contributed by atoms with E-state index in [1.54, 1.807) is 7.11 Å². The Bertz CT molecular complexity index is 612. The van der Waals surface area contributed by atoms with Gasteiger partial charge in [0.2, 0.25) is 0 Å². The Morgan fingerprint density at radius 2 is 1.60 bits per heavy atom. The minimum absolute atomic E-state index is 0.881. The molecule has 0 aliphatic carbocycles. The first kappa shape index (κ1) is 19.6. The summed E-state index contributed by atoms with van der Waals surface area (Å²) in [5.41, 5.74) is 2.10. The van der Waals surface area contributed by atoms with Crippen LogP contribution in [-0.4, -0.2) is 18.6 Å². The van der Waals surface area contributed by atoms with Gasteiger partial charge in [0.15, 0.2) is 0 Å². The number of fused-ring (bicyclic) bond motifs is 1. The van der Waals surface area contributed by atoms with Gasteiger partial charge in [-0.25, -0.2) is 0 Å². The van der Waals surface area contributed by atoms with Crippen molar-refractivity contribution in [2.24, 2.45) is 0 Å². The summed E-state index contributed by atoms with van der Waals surface area (Å²) >= 11 is 0. The van der Waals surface area contributed by atoms with Crippen LogP contribution in [0.4, 0.5) is 5.69 Å². The van der Waals surface area contributed by atoms with Gasteiger partial charge in [0.05, 0.1) is 18.3 Å². The molecule has 1 N–H and O–H groups in total. The van der Waals surface area contributed by atoms with Gasteiger partial charge in [-0.2, -0.15) is 0 Å². The number of ether oxygens (including phenoxy) is 1. The molecule has 2 rings (SSSR count). The van der Waals surface area contributed by atoms with Gasteiger partial charge in [0, 0.05) is 24.2 Å². The Balaban J connectivity index is 1.64. The summed E-state index contributed by atoms with van der Waals surface area (Å²) in [7, 11) is 1.71. The Morgan fingerprint density at radius 3 is 2.28 bits per heavy atom. The zero-order chi connectivity index (χ0) is 17.7. The minimum atomic E-state index is 0.881. The molecule has 0 aliphatic rings. The fourth-order valence-corrected chi connectivity index (χ4v) is 3.25. The molecule has 3 nitrogen and oxygen atoms in total. The number of pyridine rings is 1. The van der Waals surface area contributed by atoms with Gasteiger partial charge >= 0.3 is 0 Å². The second-order valence-electron chi connectivity index (χ2n) is 6.86. The fourth-order valence-electron chi connectivity index (χ4n) is 3.25. The predicted octanol–water partition coefficient (Wildman–Crippen LogP) is 6.58. The second-order valence-corrected chi connectivity index (χ2v) is 6.86. The lowest BCUT2D eigenvalue weighted by Crippen LogP contribution is -2.03. The van der Waals surface area contributed by atoms with Crippen molar-refractivity contribution >= 4 is 16.6 Å². The molecule has 0 spiro atoms. The van der Waals surface area contributed by atoms with Crippen molar-refractivity contribution in [2.45, 2.75) is 71.1 Å². The van der Waals surface area contributed by atoms with Crippen LogP contribution in [-0.2, 0) is 0 Å². The minimum Gasteiger partial charge on any atom is -0.497 e. The van der Waals surface area contributed by atoms with E-state index in [1.165, 1.54) is 64.2 Å². The van der Waals surface area contributed by atoms with Gasteiger partial charge in [-0.3, -0.25) is 4.98 Å². The third-order valence-corrected chi connectivity index (χ3v) is 4.76. The molecule has 0 radical (unpaired) electrons. The van der Waals surface area contributed by atoms with Crippen LogP contribution in [0.25, 0.3) is 10.9 Å². The third-order valence-electron chi connectivity index (χ3n) is 4.76. The fraction of sp³-hybridized carbons (Fsp3) is 0.591. The maximum Gasteiger partial charge on any atom is 0.121 e. The number of rotatable bonds is 13. The third kappa shape index (κ3) is 6.93. The number of benzene rings is 1. The molecule has 25 heavy (non-hydrogen) atoms. The lowest BCUT2D eigenvalue weighted by Gasteiger charge is -2.11. The molecule has 3 heteroatoms. The molecule has 0 bridgehead atoms. The lowest BCUT2D eigenvalue weighted by atomic mass is 10.1. The largest absolute Gasteiger partial charge is 0.497 e. The van der Waals surface area contributed by atoms with Crippen LogP contribution in [0.2, 0.25) is 0 Å². The van der Waals surface area contributed by atoms with E-state index >= 15 is 0 Å². The molecule has 0 aliphatic heterocycles. The predicted molar refractivity (Wildman–Crippen MR) is 109 cm³/mol. The molecule has 0 atom stereocenters. The highest BCUT2D eigenvalue weighted by Crippen LogP contribution is 2.27. The quantitative estimate of drug-likeness (QED) is 0.418. The van der Waals surface area contributed by atoms with E-state index in [0.717, 1.165) is 28.9 Å². The van der Waals surface area contributed by atoms with Gasteiger partial charge in [-0.15, -0.1) is 0 Å². The van der Waals surface area contributed by atoms with Crippen LogP contribution >= 0.6 is 0 Å². The number of hydrogen-bond acceptors (Lipinski definition) is 3. The van der Waals surface area contributed by atoms with E-state index in [-0.39, 0.29) is 0 Å². The highest BCUT2D eigenvalue weighted by Gasteiger charge is 2.05. The molecule has 0 unspecified atom stereocenters. The van der Waals surface area contributed by atoms with Gasteiger partial charge in [-0.05, 0) is 18.6 Å². The van der Waals surface area contributed by atoms with E-state index in [4.69, 9.17) is 4.74 Å². The first-order valence-electron chi connectivity index (χ1n) is 10.0. The van der Waals surface area contributed by atoms with Crippen molar-refractivity contribution in [2.75, 3.05) is 19.0 Å². The molecule has 0 amide bonds. The van der Waals surface area contributed by atoms with Crippen molar-refractivity contribution in [1.82, 2.24) is 4.98 Å². The maximum atomic E-state index is 5.40. The van der Waals surface area contributed by atoms with Gasteiger partial charge in [0.1, 0.15) is 5.75 Å². The molecule has 2 aromatic rings. The number of hydrogen-bond donors (Lipinski definition) is 1. The summed E-state index contributed by atoms with van der Waals surface area (Å²) in [6, 6.07) is 8.13. The molecule has 138 valence electrons. The van der Waals surface area contributed by atoms with Gasteiger partial charge < -0.3 is 10.1 Å². The molecule has 1 aromatic carbocycles. The van der Waals surface area contributed by atoms with Crippen LogP contribution < -0.4 is 10.1 Å². The smallest absolute Gasteiger partial charge is 0.121 e. The standard InChI is InChI=1S/C22H34N2O/c1-3-4-5-6-7-8-9-10-11-12-15-23-21-18-20(25-2)17-19-14-13-16-24-22(19)21/h13-14,16-18,23H,3-12,15H2,1-2H3. The second kappa shape index (κ2) is 11.7. The normalized spacial score (nSPS) is 11.0. The average Bonchev–Trinajstić information content (AvgIpc) is 2.65. The van der Waals surface area contributed by atoms with Crippen molar-refractivity contribution < 1.29 is 4.74 Å². The highest BCUT2D eigenvalue weighted by molar-refractivity contribution is 5.91. The topological polar surface area (TPSA) is 34.1 Å². The zero-order valence-electron chi connectivity index (χ0n) is 16.0. The summed E-state index contributed by atoms with van der Waals surface area (Å²) in [6.07, 6.45) is 15.5. The van der Waals surface area contributed by atoms with Crippen molar-refractivity contribution in [3.05, 3.63) is 30.5 Å². The van der Waals surface area contributed by atoms with E-state index in [2.05, 4.69) is 23.3 Å². The number of unbranched alkanes of at least 4 members (excludes halogenated alkanes) is 9. The van der Waals surface area contributed by atoms with Crippen molar-refractivity contribution in [3.8, 4) is 5.75 Å². The molecule has 1 heterocycles. The molecular formula is C22H34N2O. The molecule has 0 fully saturated rings. The van der Waals surface area contributed by atoms with Crippen LogP contribution in [0, 0.1) is 0 Å². The summed E-state index contributed by atoms with van der Waals surface area (Å²) in [4.78, 5) is 4.51. The maximum absolute atomic E-state index is 5.40. The summed E-state index contributed by atoms with van der Waals surface area (Å²) < 4.78 is 5.40. The summed E-state index contributed by atoms with van der Waals surface area (Å²) in [6.45, 7) is 3.27. The van der Waals surface area contributed by atoms with E-state index < -0.39 is 0 Å². The number of aromatic nitrogens is 1. The lowest BCUT2D eigenvalue weighted by molar-refractivity contribution is 0.415. The summed E-state index contributed by atoms with van der Waals surface area (Å²) in [5.74, 6) is 0.881. The Kier molecular flexibility index (Phi) is 9.17. The zero-order valence-corrected chi connectivity index (χ0v) is 16.0. The first-order chi connectivity index (χ1) is 12.3. The van der Waals surface area contributed by atoms with Crippen LogP contribution in [0.1, 0.15) is 71.1 Å². The Hall–Kier alpha value is -1.77. The highest BCUT2D eigenvalue weighted by atomic mass is 16.5. The Morgan fingerprint density at radius 1 is 0.920 bits per heavy atom. The number of anilines is 1. The molecular weight excluding hydrogens is 308 g/mol. The number of nitrogens with zero attached hydrogens (tertiary/aromatic N) is 1. The van der Waals surface area contributed by atoms with Crippen molar-refractivity contribution in [3.63, 3.8) is 0 Å². The number of methoxy groups -OCH3 is 1. The molecule has 0 saturated heterocycles. The monoisotopic (exact) mass is 342 g/mol. The van der Waals surface area contributed by atoms with E-state index in [1.807, 2.05) is 24.4 Å². The molecule has 1 aromatic heterocycles.